The number of hydrogen-bond acceptors (Lipinski definition) is 5. The maximum atomic E-state index is 12.2. The molecule has 7 heteroatoms. The Morgan fingerprint density at radius 2 is 2.07 bits per heavy atom. The van der Waals surface area contributed by atoms with E-state index < -0.39 is 0 Å². The maximum absolute atomic E-state index is 12.2. The molecule has 2 N–H and O–H groups in total. The quantitative estimate of drug-likeness (QED) is 0.646. The van der Waals surface area contributed by atoms with Gasteiger partial charge in [-0.15, -0.1) is 11.3 Å². The molecule has 2 amide bonds. The van der Waals surface area contributed by atoms with Crippen LogP contribution in [0.4, 0.5) is 5.69 Å². The Hall–Kier alpha value is -2.93. The minimum atomic E-state index is -0.314. The van der Waals surface area contributed by atoms with Crippen molar-refractivity contribution < 1.29 is 14.0 Å². The summed E-state index contributed by atoms with van der Waals surface area (Å²) in [5, 5.41) is 8.63. The van der Waals surface area contributed by atoms with E-state index in [9.17, 15) is 9.59 Å². The topological polar surface area (TPSA) is 84.2 Å². The fourth-order valence-electron chi connectivity index (χ4n) is 2.46. The molecule has 0 unspecified atom stereocenters. The van der Waals surface area contributed by atoms with Crippen LogP contribution in [0.15, 0.2) is 52.5 Å². The summed E-state index contributed by atoms with van der Waals surface area (Å²) >= 11 is 1.58. The number of furan rings is 1. The minimum Gasteiger partial charge on any atom is -0.459 e. The van der Waals surface area contributed by atoms with Gasteiger partial charge in [-0.05, 0) is 29.8 Å². The Balaban J connectivity index is 1.53. The lowest BCUT2D eigenvalue weighted by Crippen LogP contribution is -2.24. The first-order valence-electron chi connectivity index (χ1n) is 8.66. The highest BCUT2D eigenvalue weighted by atomic mass is 32.1. The van der Waals surface area contributed by atoms with Crippen molar-refractivity contribution in [2.45, 2.75) is 32.7 Å². The van der Waals surface area contributed by atoms with Gasteiger partial charge in [0, 0.05) is 23.5 Å². The lowest BCUT2D eigenvalue weighted by molar-refractivity contribution is -0.120. The normalized spacial score (nSPS) is 10.8. The largest absolute Gasteiger partial charge is 0.459 e. The highest BCUT2D eigenvalue weighted by Gasteiger charge is 2.11. The molecular weight excluding hydrogens is 362 g/mol. The van der Waals surface area contributed by atoms with Gasteiger partial charge in [-0.1, -0.05) is 26.0 Å². The number of amides is 2. The number of rotatable bonds is 7. The molecule has 2 aromatic heterocycles. The molecule has 27 heavy (non-hydrogen) atoms. The van der Waals surface area contributed by atoms with Gasteiger partial charge >= 0.3 is 0 Å². The van der Waals surface area contributed by atoms with Crippen molar-refractivity contribution in [1.82, 2.24) is 10.3 Å². The Labute approximate surface area is 161 Å². The first-order chi connectivity index (χ1) is 13.0. The summed E-state index contributed by atoms with van der Waals surface area (Å²) in [6.07, 6.45) is 1.71. The van der Waals surface area contributed by atoms with Crippen molar-refractivity contribution >= 4 is 28.8 Å². The van der Waals surface area contributed by atoms with Crippen molar-refractivity contribution in [2.24, 2.45) is 0 Å². The van der Waals surface area contributed by atoms with Crippen LogP contribution in [0, 0.1) is 0 Å². The van der Waals surface area contributed by atoms with Crippen LogP contribution in [0.3, 0.4) is 0 Å². The number of anilines is 1. The second-order valence-corrected chi connectivity index (χ2v) is 7.31. The summed E-state index contributed by atoms with van der Waals surface area (Å²) in [6, 6.07) is 10.6. The first kappa shape index (κ1) is 18.8. The highest BCUT2D eigenvalue weighted by molar-refractivity contribution is 7.09. The number of aromatic nitrogens is 1. The highest BCUT2D eigenvalue weighted by Crippen LogP contribution is 2.19. The summed E-state index contributed by atoms with van der Waals surface area (Å²) in [6.45, 7) is 4.55. The predicted molar refractivity (Wildman–Crippen MR) is 105 cm³/mol. The fourth-order valence-corrected chi connectivity index (χ4v) is 3.29. The molecule has 0 aliphatic rings. The summed E-state index contributed by atoms with van der Waals surface area (Å²) in [5.74, 6) is 0.218. The third kappa shape index (κ3) is 5.27. The van der Waals surface area contributed by atoms with E-state index in [-0.39, 0.29) is 24.0 Å². The molecule has 0 spiro atoms. The third-order valence-electron chi connectivity index (χ3n) is 3.82. The van der Waals surface area contributed by atoms with Crippen LogP contribution in [-0.4, -0.2) is 16.8 Å². The van der Waals surface area contributed by atoms with E-state index in [1.165, 1.54) is 6.26 Å². The van der Waals surface area contributed by atoms with Crippen LogP contribution >= 0.6 is 11.3 Å². The molecule has 0 radical (unpaired) electrons. The number of hydrogen-bond donors (Lipinski definition) is 2. The summed E-state index contributed by atoms with van der Waals surface area (Å²) < 4.78 is 5.08. The molecule has 0 saturated heterocycles. The standard InChI is InChI=1S/C20H21N3O3S/c1-13(2)20-23-16(12-27-20)10-18(24)21-11-14-5-3-6-15(9-14)22-19(25)17-7-4-8-26-17/h3-9,12-13H,10-11H2,1-2H3,(H,21,24)(H,22,25). The monoisotopic (exact) mass is 383 g/mol. The molecule has 6 nitrogen and oxygen atoms in total. The van der Waals surface area contributed by atoms with Gasteiger partial charge in [0.1, 0.15) is 0 Å². The molecule has 0 atom stereocenters. The number of nitrogens with zero attached hydrogens (tertiary/aromatic N) is 1. The smallest absolute Gasteiger partial charge is 0.291 e. The first-order valence-corrected chi connectivity index (χ1v) is 9.54. The molecule has 2 heterocycles. The van der Waals surface area contributed by atoms with Crippen molar-refractivity contribution in [3.05, 3.63) is 70.1 Å². The van der Waals surface area contributed by atoms with Crippen molar-refractivity contribution in [2.75, 3.05) is 5.32 Å². The lowest BCUT2D eigenvalue weighted by Gasteiger charge is -2.08. The van der Waals surface area contributed by atoms with Gasteiger partial charge in [-0.25, -0.2) is 4.98 Å². The van der Waals surface area contributed by atoms with Crippen LogP contribution in [0.25, 0.3) is 0 Å². The van der Waals surface area contributed by atoms with E-state index >= 15 is 0 Å². The Morgan fingerprint density at radius 1 is 1.22 bits per heavy atom. The average molecular weight is 383 g/mol. The predicted octanol–water partition coefficient (Wildman–Crippen LogP) is 3.97. The minimum absolute atomic E-state index is 0.0827. The summed E-state index contributed by atoms with van der Waals surface area (Å²) in [4.78, 5) is 28.7. The third-order valence-corrected chi connectivity index (χ3v) is 5.02. The summed E-state index contributed by atoms with van der Waals surface area (Å²) in [5.41, 5.74) is 2.33. The van der Waals surface area contributed by atoms with Crippen LogP contribution in [-0.2, 0) is 17.8 Å². The summed E-state index contributed by atoms with van der Waals surface area (Å²) in [7, 11) is 0. The Morgan fingerprint density at radius 3 is 2.78 bits per heavy atom. The van der Waals surface area contributed by atoms with Gasteiger partial charge in [0.2, 0.25) is 5.91 Å². The number of carbonyl (C=O) groups is 2. The molecule has 0 fully saturated rings. The van der Waals surface area contributed by atoms with Crippen molar-refractivity contribution in [1.29, 1.82) is 0 Å². The molecule has 0 aliphatic heterocycles. The van der Waals surface area contributed by atoms with E-state index in [2.05, 4.69) is 29.5 Å². The van der Waals surface area contributed by atoms with E-state index in [0.717, 1.165) is 16.3 Å². The number of carbonyl (C=O) groups excluding carboxylic acids is 2. The molecule has 0 saturated carbocycles. The molecule has 3 rings (SSSR count). The number of thiazole rings is 1. The van der Waals surface area contributed by atoms with Gasteiger partial charge in [0.15, 0.2) is 5.76 Å². The van der Waals surface area contributed by atoms with Crippen LogP contribution in [0.1, 0.15) is 46.6 Å². The van der Waals surface area contributed by atoms with Crippen LogP contribution in [0.2, 0.25) is 0 Å². The second kappa shape index (κ2) is 8.64. The van der Waals surface area contributed by atoms with Crippen molar-refractivity contribution in [3.8, 4) is 0 Å². The zero-order valence-electron chi connectivity index (χ0n) is 15.2. The Kier molecular flexibility index (Phi) is 6.03. The average Bonchev–Trinajstić information content (AvgIpc) is 3.32. The van der Waals surface area contributed by atoms with Crippen molar-refractivity contribution in [3.63, 3.8) is 0 Å². The molecule has 1 aromatic carbocycles. The van der Waals surface area contributed by atoms with Gasteiger partial charge in [0.25, 0.3) is 5.91 Å². The van der Waals surface area contributed by atoms with E-state index in [4.69, 9.17) is 4.42 Å². The molecule has 0 bridgehead atoms. The molecule has 140 valence electrons. The lowest BCUT2D eigenvalue weighted by atomic mass is 10.2. The second-order valence-electron chi connectivity index (χ2n) is 6.42. The zero-order valence-corrected chi connectivity index (χ0v) is 16.0. The zero-order chi connectivity index (χ0) is 19.2. The number of benzene rings is 1. The molecule has 3 aromatic rings. The van der Waals surface area contributed by atoms with Crippen LogP contribution < -0.4 is 10.6 Å². The number of nitrogens with one attached hydrogen (secondary N) is 2. The van der Waals surface area contributed by atoms with Gasteiger partial charge in [0.05, 0.1) is 23.4 Å². The van der Waals surface area contributed by atoms with Gasteiger partial charge < -0.3 is 15.1 Å². The van der Waals surface area contributed by atoms with E-state index in [1.807, 2.05) is 23.6 Å². The molecule has 0 aliphatic carbocycles. The van der Waals surface area contributed by atoms with Crippen LogP contribution in [0.5, 0.6) is 0 Å². The van der Waals surface area contributed by atoms with Gasteiger partial charge in [-0.2, -0.15) is 0 Å². The van der Waals surface area contributed by atoms with Gasteiger partial charge in [-0.3, -0.25) is 9.59 Å². The maximum Gasteiger partial charge on any atom is 0.291 e. The van der Waals surface area contributed by atoms with E-state index in [1.54, 1.807) is 29.5 Å². The fraction of sp³-hybridized carbons (Fsp3) is 0.250. The van der Waals surface area contributed by atoms with E-state index in [0.29, 0.717) is 18.2 Å². The SMILES string of the molecule is CC(C)c1nc(CC(=O)NCc2cccc(NC(=O)c3ccco3)c2)cs1. The molecular formula is C20H21N3O3S. The Bertz CT molecular complexity index is 916.